The average molecular weight is 565 g/mol. The van der Waals surface area contributed by atoms with Gasteiger partial charge in [-0.15, -0.1) is 0 Å². The van der Waals surface area contributed by atoms with E-state index in [9.17, 15) is 25.5 Å². The zero-order valence-corrected chi connectivity index (χ0v) is 21.8. The number of benzene rings is 2. The lowest BCUT2D eigenvalue weighted by atomic mass is 9.84. The first kappa shape index (κ1) is 27.1. The number of hydrogen-bond acceptors (Lipinski definition) is 13. The number of aliphatic hydroxyl groups is 4. The van der Waals surface area contributed by atoms with Crippen LogP contribution in [0.1, 0.15) is 23.3 Å². The predicted octanol–water partition coefficient (Wildman–Crippen LogP) is 0.392. The van der Waals surface area contributed by atoms with Crippen LogP contribution in [0.25, 0.3) is 0 Å². The maximum absolute atomic E-state index is 10.8. The van der Waals surface area contributed by atoms with E-state index in [1.807, 2.05) is 18.2 Å². The third kappa shape index (κ3) is 4.38. The van der Waals surface area contributed by atoms with Gasteiger partial charge in [-0.3, -0.25) is 0 Å². The van der Waals surface area contributed by atoms with Gasteiger partial charge in [-0.25, -0.2) is 0 Å². The summed E-state index contributed by atoms with van der Waals surface area (Å²) in [6.07, 6.45) is -8.45. The van der Waals surface area contributed by atoms with Crippen LogP contribution in [0.15, 0.2) is 24.3 Å². The molecule has 0 spiro atoms. The number of ether oxygens (including phenoxy) is 8. The molecule has 0 aromatic heterocycles. The van der Waals surface area contributed by atoms with Crippen LogP contribution in [0, 0.1) is 11.8 Å². The Bertz CT molecular complexity index is 1240. The number of hydrogen-bond donors (Lipinski definition) is 5. The van der Waals surface area contributed by atoms with Gasteiger partial charge in [-0.05, 0) is 23.8 Å². The van der Waals surface area contributed by atoms with Crippen molar-refractivity contribution in [2.75, 3.05) is 40.8 Å². The first-order valence-electron chi connectivity index (χ1n) is 12.9. The molecule has 9 atom stereocenters. The highest BCUT2D eigenvalue weighted by Gasteiger charge is 2.51. The molecular weight excluding hydrogens is 532 g/mol. The SMILES string of the molecule is COc1c(O)cc(C2OCC3C(c4ccc5c(c4)OCO5)OCC23)c(O[C@@H]2O[C@H](CO)[C@@H](O)[C@H](O)[C@H]2O)c1OC. The highest BCUT2D eigenvalue weighted by Crippen LogP contribution is 2.56. The second-order valence-corrected chi connectivity index (χ2v) is 10.1. The zero-order chi connectivity index (χ0) is 28.1. The van der Waals surface area contributed by atoms with Gasteiger partial charge in [0.1, 0.15) is 24.4 Å². The number of aromatic hydroxyl groups is 1. The third-order valence-corrected chi connectivity index (χ3v) is 7.99. The molecule has 0 radical (unpaired) electrons. The minimum Gasteiger partial charge on any atom is -0.504 e. The summed E-state index contributed by atoms with van der Waals surface area (Å²) in [4.78, 5) is 0. The molecule has 0 aliphatic carbocycles. The third-order valence-electron chi connectivity index (χ3n) is 7.99. The summed E-state index contributed by atoms with van der Waals surface area (Å²) in [5.41, 5.74) is 1.31. The van der Waals surface area contributed by atoms with Crippen molar-refractivity contribution in [3.05, 3.63) is 35.4 Å². The van der Waals surface area contributed by atoms with Crippen molar-refractivity contribution >= 4 is 0 Å². The first-order chi connectivity index (χ1) is 19.4. The van der Waals surface area contributed by atoms with Gasteiger partial charge in [0.15, 0.2) is 23.0 Å². The van der Waals surface area contributed by atoms with Gasteiger partial charge in [0.2, 0.25) is 24.6 Å². The lowest BCUT2D eigenvalue weighted by Crippen LogP contribution is -2.60. The summed E-state index contributed by atoms with van der Waals surface area (Å²) in [5, 5.41) is 51.5. The van der Waals surface area contributed by atoms with E-state index >= 15 is 0 Å². The van der Waals surface area contributed by atoms with Crippen LogP contribution < -0.4 is 23.7 Å². The quantitative estimate of drug-likeness (QED) is 0.313. The lowest BCUT2D eigenvalue weighted by molar-refractivity contribution is -0.277. The van der Waals surface area contributed by atoms with Crippen LogP contribution in [0.3, 0.4) is 0 Å². The van der Waals surface area contributed by atoms with Crippen LogP contribution in [0.5, 0.6) is 34.5 Å². The molecule has 4 aliphatic rings. The van der Waals surface area contributed by atoms with E-state index in [1.54, 1.807) is 0 Å². The zero-order valence-electron chi connectivity index (χ0n) is 21.8. The van der Waals surface area contributed by atoms with Crippen LogP contribution >= 0.6 is 0 Å². The smallest absolute Gasteiger partial charge is 0.231 e. The predicted molar refractivity (Wildman–Crippen MR) is 133 cm³/mol. The Labute approximate surface area is 229 Å². The summed E-state index contributed by atoms with van der Waals surface area (Å²) in [6, 6.07) is 7.12. The van der Waals surface area contributed by atoms with Crippen LogP contribution in [0.2, 0.25) is 0 Å². The molecule has 13 nitrogen and oxygen atoms in total. The van der Waals surface area contributed by atoms with Crippen molar-refractivity contribution in [1.29, 1.82) is 0 Å². The number of aliphatic hydroxyl groups excluding tert-OH is 4. The molecule has 3 saturated heterocycles. The largest absolute Gasteiger partial charge is 0.504 e. The molecule has 218 valence electrons. The first-order valence-corrected chi connectivity index (χ1v) is 12.9. The summed E-state index contributed by atoms with van der Waals surface area (Å²) >= 11 is 0. The van der Waals surface area contributed by atoms with Crippen LogP contribution in [-0.4, -0.2) is 97.1 Å². The fraction of sp³-hybridized carbons (Fsp3) is 0.556. The Hall–Kier alpha value is -3.04. The van der Waals surface area contributed by atoms with E-state index in [2.05, 4.69) is 0 Å². The fourth-order valence-electron chi connectivity index (χ4n) is 5.93. The van der Waals surface area contributed by atoms with Gasteiger partial charge in [-0.1, -0.05) is 6.07 Å². The van der Waals surface area contributed by atoms with Gasteiger partial charge in [0.25, 0.3) is 0 Å². The molecule has 2 aromatic rings. The van der Waals surface area contributed by atoms with Crippen LogP contribution in [0.4, 0.5) is 0 Å². The van der Waals surface area contributed by atoms with E-state index in [-0.39, 0.29) is 47.7 Å². The van der Waals surface area contributed by atoms with Gasteiger partial charge >= 0.3 is 0 Å². The molecule has 6 rings (SSSR count). The molecule has 0 bridgehead atoms. The molecule has 4 heterocycles. The minimum atomic E-state index is -1.67. The van der Waals surface area contributed by atoms with E-state index in [0.29, 0.717) is 30.3 Å². The maximum atomic E-state index is 10.8. The van der Waals surface area contributed by atoms with Crippen molar-refractivity contribution in [3.8, 4) is 34.5 Å². The Kier molecular flexibility index (Phi) is 7.29. The van der Waals surface area contributed by atoms with E-state index < -0.39 is 43.4 Å². The molecule has 4 aliphatic heterocycles. The lowest BCUT2D eigenvalue weighted by Gasteiger charge is -2.40. The molecule has 5 N–H and O–H groups in total. The second kappa shape index (κ2) is 10.7. The molecule has 13 heteroatoms. The topological polar surface area (TPSA) is 175 Å². The van der Waals surface area contributed by atoms with Crippen molar-refractivity contribution in [3.63, 3.8) is 0 Å². The highest BCUT2D eigenvalue weighted by atomic mass is 16.7. The Morgan fingerprint density at radius 2 is 1.52 bits per heavy atom. The number of rotatable bonds is 7. The average Bonchev–Trinajstić information content (AvgIpc) is 3.70. The van der Waals surface area contributed by atoms with Gasteiger partial charge in [-0.2, -0.15) is 0 Å². The summed E-state index contributed by atoms with van der Waals surface area (Å²) < 4.78 is 46.0. The maximum Gasteiger partial charge on any atom is 0.231 e. The molecule has 0 amide bonds. The Morgan fingerprint density at radius 3 is 2.25 bits per heavy atom. The van der Waals surface area contributed by atoms with E-state index in [0.717, 1.165) is 5.56 Å². The standard InChI is InChI=1S/C27H32O13/c1-33-25-15(29)6-12(24(26(25)34-2)40-27-21(32)20(31)19(30)18(7-28)39-27)23-14-9-35-22(13(14)8-36-23)11-3-4-16-17(5-11)38-10-37-16/h3-6,13-14,18-23,27-32H,7-10H2,1-2H3/t13?,14?,18-,19-,20+,21-,22?,23?,27+/m1/s1. The van der Waals surface area contributed by atoms with Crippen molar-refractivity contribution < 1.29 is 63.4 Å². The number of phenolic OH excluding ortho intramolecular Hbond substituents is 1. The van der Waals surface area contributed by atoms with Gasteiger partial charge in [0, 0.05) is 17.4 Å². The second-order valence-electron chi connectivity index (χ2n) is 10.1. The molecule has 3 fully saturated rings. The van der Waals surface area contributed by atoms with E-state index in [4.69, 9.17) is 37.9 Å². The Morgan fingerprint density at radius 1 is 0.825 bits per heavy atom. The van der Waals surface area contributed by atoms with E-state index in [1.165, 1.54) is 20.3 Å². The highest BCUT2D eigenvalue weighted by molar-refractivity contribution is 5.63. The fourth-order valence-corrected chi connectivity index (χ4v) is 5.93. The molecule has 4 unspecified atom stereocenters. The number of fused-ring (bicyclic) bond motifs is 2. The monoisotopic (exact) mass is 564 g/mol. The Balaban J connectivity index is 1.33. The molecule has 40 heavy (non-hydrogen) atoms. The van der Waals surface area contributed by atoms with Gasteiger partial charge in [0.05, 0.1) is 46.2 Å². The van der Waals surface area contributed by atoms with Crippen molar-refractivity contribution in [2.24, 2.45) is 11.8 Å². The van der Waals surface area contributed by atoms with Gasteiger partial charge < -0.3 is 63.4 Å². The summed E-state index contributed by atoms with van der Waals surface area (Å²) in [7, 11) is 2.70. The summed E-state index contributed by atoms with van der Waals surface area (Å²) in [6.45, 7) is 0.245. The molecular formula is C27H32O13. The summed E-state index contributed by atoms with van der Waals surface area (Å²) in [5.74, 6) is 0.932. The van der Waals surface area contributed by atoms with Crippen LogP contribution in [-0.2, 0) is 14.2 Å². The molecule has 0 saturated carbocycles. The normalized spacial score (nSPS) is 34.5. The number of phenols is 1. The minimum absolute atomic E-state index is 0.00717. The molecule has 2 aromatic carbocycles. The van der Waals surface area contributed by atoms with Crippen molar-refractivity contribution in [1.82, 2.24) is 0 Å². The van der Waals surface area contributed by atoms with Crippen molar-refractivity contribution in [2.45, 2.75) is 42.9 Å². The number of methoxy groups -OCH3 is 2.